The van der Waals surface area contributed by atoms with E-state index in [0.29, 0.717) is 5.02 Å². The van der Waals surface area contributed by atoms with Gasteiger partial charge in [0.05, 0.1) is 10.5 Å². The zero-order valence-corrected chi connectivity index (χ0v) is 11.8. The highest BCUT2D eigenvalue weighted by atomic mass is 79.9. The lowest BCUT2D eigenvalue weighted by molar-refractivity contribution is 1.34. The van der Waals surface area contributed by atoms with Crippen molar-refractivity contribution in [3.8, 4) is 0 Å². The third-order valence-electron chi connectivity index (χ3n) is 2.44. The van der Waals surface area contributed by atoms with Crippen molar-refractivity contribution < 1.29 is 0 Å². The molecule has 3 rings (SSSR count). The molecule has 0 unspecified atom stereocenters. The number of aromatic amines is 1. The lowest BCUT2D eigenvalue weighted by Crippen LogP contribution is -1.74. The van der Waals surface area contributed by atoms with Gasteiger partial charge < -0.3 is 4.98 Å². The molecule has 2 aromatic heterocycles. The number of nitrogens with zero attached hydrogens (tertiary/aromatic N) is 1. The number of aromatic nitrogens is 2. The molecule has 5 heteroatoms. The number of hydrogen-bond acceptors (Lipinski definition) is 1. The molecule has 3 aromatic rings. The number of rotatable bonds is 0. The second-order valence-electron chi connectivity index (χ2n) is 3.48. The highest BCUT2D eigenvalue weighted by Gasteiger charge is 2.09. The Bertz CT molecular complexity index is 706. The third-order valence-corrected chi connectivity index (χ3v) is 3.73. The van der Waals surface area contributed by atoms with Gasteiger partial charge in [0.15, 0.2) is 0 Å². The first-order valence-electron chi connectivity index (χ1n) is 4.57. The predicted octanol–water partition coefficient (Wildman–Crippen LogP) is 4.89. The zero-order chi connectivity index (χ0) is 11.3. The third kappa shape index (κ3) is 1.56. The van der Waals surface area contributed by atoms with Gasteiger partial charge in [-0.2, -0.15) is 0 Å². The summed E-state index contributed by atoms with van der Waals surface area (Å²) in [6, 6.07) is 5.97. The average Bonchev–Trinajstić information content (AvgIpc) is 2.57. The maximum absolute atomic E-state index is 5.96. The molecule has 0 atom stereocenters. The van der Waals surface area contributed by atoms with Crippen LogP contribution in [0.1, 0.15) is 0 Å². The summed E-state index contributed by atoms with van der Waals surface area (Å²) in [4.78, 5) is 7.53. The molecule has 0 saturated heterocycles. The van der Waals surface area contributed by atoms with Crippen LogP contribution >= 0.6 is 43.5 Å². The SMILES string of the molecule is Clc1cnc2[nH]c3c(Br)cc(Br)cc3c2c1. The molecular weight excluding hydrogens is 355 g/mol. The van der Waals surface area contributed by atoms with E-state index in [9.17, 15) is 0 Å². The predicted molar refractivity (Wildman–Crippen MR) is 74.0 cm³/mol. The quantitative estimate of drug-likeness (QED) is 0.607. The summed E-state index contributed by atoms with van der Waals surface area (Å²) < 4.78 is 2.03. The van der Waals surface area contributed by atoms with Crippen LogP contribution < -0.4 is 0 Å². The smallest absolute Gasteiger partial charge is 0.138 e. The minimum Gasteiger partial charge on any atom is -0.338 e. The molecule has 0 spiro atoms. The van der Waals surface area contributed by atoms with E-state index in [2.05, 4.69) is 47.9 Å². The number of benzene rings is 1. The summed E-state index contributed by atoms with van der Waals surface area (Å²) in [7, 11) is 0. The van der Waals surface area contributed by atoms with Crippen LogP contribution in [0.15, 0.2) is 33.3 Å². The number of nitrogens with one attached hydrogen (secondary N) is 1. The molecule has 2 heterocycles. The van der Waals surface area contributed by atoms with Crippen LogP contribution in [0.2, 0.25) is 5.02 Å². The molecule has 0 amide bonds. The molecule has 0 fully saturated rings. The van der Waals surface area contributed by atoms with Crippen molar-refractivity contribution in [3.63, 3.8) is 0 Å². The van der Waals surface area contributed by atoms with E-state index in [-0.39, 0.29) is 0 Å². The summed E-state index contributed by atoms with van der Waals surface area (Å²) >= 11 is 13.0. The summed E-state index contributed by atoms with van der Waals surface area (Å²) in [5, 5.41) is 2.78. The second-order valence-corrected chi connectivity index (χ2v) is 5.69. The van der Waals surface area contributed by atoms with E-state index in [1.54, 1.807) is 6.20 Å². The van der Waals surface area contributed by atoms with Crippen molar-refractivity contribution in [2.24, 2.45) is 0 Å². The van der Waals surface area contributed by atoms with Crippen molar-refractivity contribution in [2.45, 2.75) is 0 Å². The van der Waals surface area contributed by atoms with Crippen LogP contribution in [0.4, 0.5) is 0 Å². The Labute approximate surface area is 113 Å². The normalized spacial score (nSPS) is 11.4. The molecule has 0 aliphatic heterocycles. The number of hydrogen-bond donors (Lipinski definition) is 1. The summed E-state index contributed by atoms with van der Waals surface area (Å²) in [5.41, 5.74) is 1.88. The van der Waals surface area contributed by atoms with Crippen molar-refractivity contribution in [1.29, 1.82) is 0 Å². The number of fused-ring (bicyclic) bond motifs is 3. The largest absolute Gasteiger partial charge is 0.338 e. The summed E-state index contributed by atoms with van der Waals surface area (Å²) in [6.07, 6.45) is 1.64. The van der Waals surface area contributed by atoms with Gasteiger partial charge in [0, 0.05) is 25.9 Å². The number of H-pyrrole nitrogens is 1. The van der Waals surface area contributed by atoms with Gasteiger partial charge >= 0.3 is 0 Å². The highest BCUT2D eigenvalue weighted by Crippen LogP contribution is 2.33. The van der Waals surface area contributed by atoms with Crippen LogP contribution in [0.5, 0.6) is 0 Å². The van der Waals surface area contributed by atoms with Crippen LogP contribution in [-0.4, -0.2) is 9.97 Å². The molecule has 0 aliphatic carbocycles. The van der Waals surface area contributed by atoms with Crippen LogP contribution in [0.25, 0.3) is 21.9 Å². The van der Waals surface area contributed by atoms with E-state index < -0.39 is 0 Å². The summed E-state index contributed by atoms with van der Waals surface area (Å²) in [6.45, 7) is 0. The average molecular weight is 360 g/mol. The molecule has 1 N–H and O–H groups in total. The first-order chi connectivity index (χ1) is 7.65. The van der Waals surface area contributed by atoms with E-state index in [4.69, 9.17) is 11.6 Å². The van der Waals surface area contributed by atoms with Gasteiger partial charge in [-0.3, -0.25) is 0 Å². The molecule has 80 valence electrons. The van der Waals surface area contributed by atoms with E-state index in [1.807, 2.05) is 12.1 Å². The zero-order valence-electron chi connectivity index (χ0n) is 7.89. The van der Waals surface area contributed by atoms with E-state index >= 15 is 0 Å². The van der Waals surface area contributed by atoms with Crippen molar-refractivity contribution >= 4 is 65.4 Å². The molecule has 2 nitrogen and oxygen atoms in total. The fourth-order valence-corrected chi connectivity index (χ4v) is 3.26. The lowest BCUT2D eigenvalue weighted by Gasteiger charge is -1.96. The van der Waals surface area contributed by atoms with Gasteiger partial charge in [-0.1, -0.05) is 27.5 Å². The Hall–Kier alpha value is -0.580. The molecule has 0 saturated carbocycles. The Morgan fingerprint density at radius 2 is 1.94 bits per heavy atom. The lowest BCUT2D eigenvalue weighted by atomic mass is 10.2. The first kappa shape index (κ1) is 10.6. The van der Waals surface area contributed by atoms with Crippen LogP contribution in [0.3, 0.4) is 0 Å². The molecule has 0 bridgehead atoms. The van der Waals surface area contributed by atoms with E-state index in [0.717, 1.165) is 30.9 Å². The number of halogens is 3. The topological polar surface area (TPSA) is 28.7 Å². The molecule has 0 aliphatic rings. The van der Waals surface area contributed by atoms with E-state index in [1.165, 1.54) is 0 Å². The molecule has 16 heavy (non-hydrogen) atoms. The van der Waals surface area contributed by atoms with Crippen LogP contribution in [0, 0.1) is 0 Å². The summed E-state index contributed by atoms with van der Waals surface area (Å²) in [5.74, 6) is 0. The number of pyridine rings is 1. The first-order valence-corrected chi connectivity index (χ1v) is 6.53. The van der Waals surface area contributed by atoms with Crippen molar-refractivity contribution in [2.75, 3.05) is 0 Å². The monoisotopic (exact) mass is 358 g/mol. The van der Waals surface area contributed by atoms with Crippen molar-refractivity contribution in [1.82, 2.24) is 9.97 Å². The van der Waals surface area contributed by atoms with Gasteiger partial charge in [-0.15, -0.1) is 0 Å². The van der Waals surface area contributed by atoms with Gasteiger partial charge in [0.1, 0.15) is 5.65 Å². The van der Waals surface area contributed by atoms with Gasteiger partial charge in [-0.05, 0) is 34.1 Å². The Morgan fingerprint density at radius 3 is 2.75 bits per heavy atom. The minimum atomic E-state index is 0.643. The Kier molecular flexibility index (Phi) is 2.46. The minimum absolute atomic E-state index is 0.643. The molecule has 0 radical (unpaired) electrons. The molecule has 1 aromatic carbocycles. The fraction of sp³-hybridized carbons (Fsp3) is 0. The second kappa shape index (κ2) is 3.72. The standard InChI is InChI=1S/C11H5Br2ClN2/c12-5-1-7-8-3-6(14)4-15-11(8)16-10(7)9(13)2-5/h1-4H,(H,15,16). The van der Waals surface area contributed by atoms with Gasteiger partial charge in [-0.25, -0.2) is 4.98 Å². The van der Waals surface area contributed by atoms with Gasteiger partial charge in [0.2, 0.25) is 0 Å². The van der Waals surface area contributed by atoms with Gasteiger partial charge in [0.25, 0.3) is 0 Å². The Morgan fingerprint density at radius 1 is 1.12 bits per heavy atom. The molecular formula is C11H5Br2ClN2. The van der Waals surface area contributed by atoms with Crippen molar-refractivity contribution in [3.05, 3.63) is 38.4 Å². The maximum atomic E-state index is 5.96. The highest BCUT2D eigenvalue weighted by molar-refractivity contribution is 9.11. The maximum Gasteiger partial charge on any atom is 0.138 e. The Balaban J connectivity index is 2.57. The van der Waals surface area contributed by atoms with Crippen LogP contribution in [-0.2, 0) is 0 Å². The fourth-order valence-electron chi connectivity index (χ4n) is 1.78.